The summed E-state index contributed by atoms with van der Waals surface area (Å²) < 4.78 is 15.0. The van der Waals surface area contributed by atoms with Crippen LogP contribution < -0.4 is 10.2 Å². The molecule has 12 heteroatoms. The lowest BCUT2D eigenvalue weighted by molar-refractivity contribution is -0.383. The number of carbonyl (C=O) groups excluding carboxylic acids is 3. The summed E-state index contributed by atoms with van der Waals surface area (Å²) in [6.45, 7) is 6.76. The number of benzene rings is 1. The molecule has 2 aliphatic heterocycles. The first-order valence-electron chi connectivity index (χ1n) is 10.00. The molecule has 2 fully saturated rings. The zero-order chi connectivity index (χ0) is 23.5. The molecular weight excluding hydrogens is 424 g/mol. The molecule has 2 heterocycles. The smallest absolute Gasteiger partial charge is 0.409 e. The zero-order valence-electron chi connectivity index (χ0n) is 18.0. The van der Waals surface area contributed by atoms with Gasteiger partial charge in [0.05, 0.1) is 11.5 Å². The fourth-order valence-electron chi connectivity index (χ4n) is 3.29. The van der Waals surface area contributed by atoms with Crippen molar-refractivity contribution >= 4 is 35.1 Å². The molecule has 0 aromatic heterocycles. The lowest BCUT2D eigenvalue weighted by Crippen LogP contribution is -2.49. The van der Waals surface area contributed by atoms with Crippen molar-refractivity contribution < 1.29 is 33.5 Å². The normalized spacial score (nSPS) is 17.9. The number of carbonyl (C=O) groups is 3. The number of anilines is 2. The van der Waals surface area contributed by atoms with Gasteiger partial charge in [0.1, 0.15) is 5.69 Å². The standard InChI is InChI=1S/C20H24N4O8/c1-4-30-19(27)23-9-7-22(8-10-23)13-5-6-16(24(28)29)15(11-13)21-12-14-17(25)31-20(2,3)32-18(14)26/h5-6,11-12,21H,4,7-10H2,1-3H3. The Morgan fingerprint density at radius 2 is 1.84 bits per heavy atom. The van der Waals surface area contributed by atoms with Crippen LogP contribution in [-0.2, 0) is 23.8 Å². The van der Waals surface area contributed by atoms with Crippen molar-refractivity contribution in [2.75, 3.05) is 43.0 Å². The van der Waals surface area contributed by atoms with Gasteiger partial charge in [-0.15, -0.1) is 0 Å². The Hall–Kier alpha value is -3.83. The van der Waals surface area contributed by atoms with Crippen LogP contribution in [0.3, 0.4) is 0 Å². The number of ether oxygens (including phenoxy) is 3. The van der Waals surface area contributed by atoms with Gasteiger partial charge in [-0.25, -0.2) is 14.4 Å². The second-order valence-corrected chi connectivity index (χ2v) is 7.51. The Bertz CT molecular complexity index is 944. The van der Waals surface area contributed by atoms with Crippen LogP contribution in [0.1, 0.15) is 20.8 Å². The number of rotatable bonds is 5. The van der Waals surface area contributed by atoms with Crippen LogP contribution in [0.25, 0.3) is 0 Å². The molecule has 0 saturated carbocycles. The van der Waals surface area contributed by atoms with Crippen molar-refractivity contribution in [3.8, 4) is 0 Å². The SMILES string of the molecule is CCOC(=O)N1CCN(c2ccc([N+](=O)[O-])c(NC=C3C(=O)OC(C)(C)OC3=O)c2)CC1. The minimum atomic E-state index is -1.39. The monoisotopic (exact) mass is 448 g/mol. The molecule has 0 aliphatic carbocycles. The van der Waals surface area contributed by atoms with E-state index in [1.165, 1.54) is 19.9 Å². The van der Waals surface area contributed by atoms with Gasteiger partial charge in [0.25, 0.3) is 11.5 Å². The Morgan fingerprint density at radius 3 is 2.41 bits per heavy atom. The van der Waals surface area contributed by atoms with E-state index in [4.69, 9.17) is 14.2 Å². The fraction of sp³-hybridized carbons (Fsp3) is 0.450. The van der Waals surface area contributed by atoms with E-state index in [1.54, 1.807) is 24.0 Å². The van der Waals surface area contributed by atoms with Crippen molar-refractivity contribution in [1.82, 2.24) is 4.90 Å². The van der Waals surface area contributed by atoms with E-state index in [0.29, 0.717) is 38.5 Å². The fourth-order valence-corrected chi connectivity index (χ4v) is 3.29. The molecule has 1 aromatic rings. The molecule has 0 spiro atoms. The topological polar surface area (TPSA) is 141 Å². The van der Waals surface area contributed by atoms with Crippen LogP contribution in [0.15, 0.2) is 30.0 Å². The summed E-state index contributed by atoms with van der Waals surface area (Å²) in [6.07, 6.45) is 0.657. The molecule has 0 radical (unpaired) electrons. The third-order valence-corrected chi connectivity index (χ3v) is 4.84. The van der Waals surface area contributed by atoms with Gasteiger partial charge in [0.2, 0.25) is 0 Å². The van der Waals surface area contributed by atoms with E-state index < -0.39 is 28.2 Å². The Kier molecular flexibility index (Phi) is 6.51. The maximum Gasteiger partial charge on any atom is 0.409 e. The van der Waals surface area contributed by atoms with Crippen molar-refractivity contribution in [3.63, 3.8) is 0 Å². The summed E-state index contributed by atoms with van der Waals surface area (Å²) in [4.78, 5) is 50.5. The van der Waals surface area contributed by atoms with Crippen LogP contribution in [-0.4, -0.2) is 66.4 Å². The maximum atomic E-state index is 12.1. The van der Waals surface area contributed by atoms with E-state index in [2.05, 4.69) is 5.32 Å². The summed E-state index contributed by atoms with van der Waals surface area (Å²) >= 11 is 0. The van der Waals surface area contributed by atoms with Gasteiger partial charge in [-0.3, -0.25) is 10.1 Å². The first-order valence-corrected chi connectivity index (χ1v) is 10.00. The third-order valence-electron chi connectivity index (χ3n) is 4.84. The Balaban J connectivity index is 1.77. The second-order valence-electron chi connectivity index (χ2n) is 7.51. The predicted molar refractivity (Wildman–Crippen MR) is 112 cm³/mol. The largest absolute Gasteiger partial charge is 0.450 e. The first kappa shape index (κ1) is 22.8. The van der Waals surface area contributed by atoms with Gasteiger partial charge in [-0.2, -0.15) is 0 Å². The van der Waals surface area contributed by atoms with Crippen LogP contribution in [0, 0.1) is 10.1 Å². The number of nitrogens with one attached hydrogen (secondary N) is 1. The van der Waals surface area contributed by atoms with Gasteiger partial charge in [0, 0.05) is 58.0 Å². The minimum absolute atomic E-state index is 0.0817. The molecule has 2 saturated heterocycles. The average Bonchev–Trinajstić information content (AvgIpc) is 2.72. The highest BCUT2D eigenvalue weighted by molar-refractivity contribution is 6.15. The van der Waals surface area contributed by atoms with Crippen LogP contribution in [0.5, 0.6) is 0 Å². The lowest BCUT2D eigenvalue weighted by Gasteiger charge is -2.35. The average molecular weight is 448 g/mol. The number of hydrogen-bond donors (Lipinski definition) is 1. The first-order chi connectivity index (χ1) is 15.1. The number of esters is 2. The molecule has 172 valence electrons. The Labute approximate surface area is 183 Å². The van der Waals surface area contributed by atoms with E-state index in [0.717, 1.165) is 6.20 Å². The van der Waals surface area contributed by atoms with E-state index in [1.807, 2.05) is 4.90 Å². The van der Waals surface area contributed by atoms with Crippen LogP contribution >= 0.6 is 0 Å². The van der Waals surface area contributed by atoms with Gasteiger partial charge in [-0.1, -0.05) is 0 Å². The van der Waals surface area contributed by atoms with Gasteiger partial charge < -0.3 is 29.3 Å². The molecule has 3 rings (SSSR count). The highest BCUT2D eigenvalue weighted by Gasteiger charge is 2.39. The minimum Gasteiger partial charge on any atom is -0.450 e. The highest BCUT2D eigenvalue weighted by Crippen LogP contribution is 2.31. The number of nitro groups is 1. The molecular formula is C20H24N4O8. The number of nitro benzene ring substituents is 1. The quantitative estimate of drug-likeness (QED) is 0.234. The lowest BCUT2D eigenvalue weighted by atomic mass is 10.2. The molecule has 12 nitrogen and oxygen atoms in total. The van der Waals surface area contributed by atoms with Crippen molar-refractivity contribution in [1.29, 1.82) is 0 Å². The van der Waals surface area contributed by atoms with Gasteiger partial charge >= 0.3 is 18.0 Å². The number of hydrogen-bond acceptors (Lipinski definition) is 10. The molecule has 1 aromatic carbocycles. The number of amides is 1. The van der Waals surface area contributed by atoms with E-state index in [-0.39, 0.29) is 17.5 Å². The number of piperazine rings is 1. The maximum absolute atomic E-state index is 12.1. The summed E-state index contributed by atoms with van der Waals surface area (Å²) in [5.74, 6) is -3.18. The van der Waals surface area contributed by atoms with E-state index in [9.17, 15) is 24.5 Å². The summed E-state index contributed by atoms with van der Waals surface area (Å²) in [5.41, 5.74) is 0.105. The molecule has 1 amide bonds. The number of nitrogens with zero attached hydrogens (tertiary/aromatic N) is 3. The molecule has 0 unspecified atom stereocenters. The number of cyclic esters (lactones) is 2. The van der Waals surface area contributed by atoms with E-state index >= 15 is 0 Å². The highest BCUT2D eigenvalue weighted by atomic mass is 16.7. The molecule has 0 atom stereocenters. The molecule has 2 aliphatic rings. The van der Waals surface area contributed by atoms with Gasteiger partial charge in [-0.05, 0) is 19.1 Å². The second kappa shape index (κ2) is 9.12. The molecule has 32 heavy (non-hydrogen) atoms. The zero-order valence-corrected chi connectivity index (χ0v) is 18.0. The van der Waals surface area contributed by atoms with Crippen molar-refractivity contribution in [2.45, 2.75) is 26.6 Å². The predicted octanol–water partition coefficient (Wildman–Crippen LogP) is 2.01. The van der Waals surface area contributed by atoms with Gasteiger partial charge in [0.15, 0.2) is 5.57 Å². The van der Waals surface area contributed by atoms with Crippen LogP contribution in [0.4, 0.5) is 21.9 Å². The summed E-state index contributed by atoms with van der Waals surface area (Å²) in [6, 6.07) is 4.47. The third kappa shape index (κ3) is 5.07. The van der Waals surface area contributed by atoms with Crippen LogP contribution in [0.2, 0.25) is 0 Å². The molecule has 1 N–H and O–H groups in total. The Morgan fingerprint density at radius 1 is 1.22 bits per heavy atom. The van der Waals surface area contributed by atoms with Crippen molar-refractivity contribution in [3.05, 3.63) is 40.1 Å². The molecule has 0 bridgehead atoms. The van der Waals surface area contributed by atoms with Crippen molar-refractivity contribution in [2.24, 2.45) is 0 Å². The summed E-state index contributed by atoms with van der Waals surface area (Å²) in [7, 11) is 0. The summed E-state index contributed by atoms with van der Waals surface area (Å²) in [5, 5.41) is 14.1.